The van der Waals surface area contributed by atoms with E-state index in [-0.39, 0.29) is 40.1 Å². The van der Waals surface area contributed by atoms with Crippen molar-refractivity contribution < 1.29 is 21.6 Å². The molecule has 0 bridgehead atoms. The number of fused-ring (bicyclic) bond motifs is 1. The third-order valence-electron chi connectivity index (χ3n) is 6.79. The van der Waals surface area contributed by atoms with Crippen molar-refractivity contribution in [1.82, 2.24) is 24.3 Å². The highest BCUT2D eigenvalue weighted by Gasteiger charge is 2.32. The fourth-order valence-electron chi connectivity index (χ4n) is 5.08. The molecule has 1 saturated carbocycles. The molecule has 0 radical (unpaired) electrons. The number of rotatable bonds is 7. The van der Waals surface area contributed by atoms with Crippen LogP contribution in [0.15, 0.2) is 27.9 Å². The fraction of sp³-hybridized carbons (Fsp3) is 0.522. The highest BCUT2D eigenvalue weighted by molar-refractivity contribution is 7.92. The number of sulfonamides is 1. The van der Waals surface area contributed by atoms with Crippen LogP contribution in [0.1, 0.15) is 56.5 Å². The van der Waals surface area contributed by atoms with Crippen LogP contribution < -0.4 is 15.0 Å². The maximum atomic E-state index is 13.1. The van der Waals surface area contributed by atoms with Gasteiger partial charge in [0.25, 0.3) is 5.56 Å². The first-order valence-electron chi connectivity index (χ1n) is 12.1. The highest BCUT2D eigenvalue weighted by atomic mass is 32.2. The van der Waals surface area contributed by atoms with Crippen molar-refractivity contribution in [1.29, 1.82) is 0 Å². The van der Waals surface area contributed by atoms with E-state index in [0.29, 0.717) is 29.1 Å². The monoisotopic (exact) mass is 535 g/mol. The lowest BCUT2D eigenvalue weighted by Gasteiger charge is -2.15. The first-order chi connectivity index (χ1) is 17.1. The van der Waals surface area contributed by atoms with Gasteiger partial charge in [-0.2, -0.15) is 0 Å². The largest absolute Gasteiger partial charge is 0.493 e. The molecule has 36 heavy (non-hydrogen) atoms. The molecular formula is C23H29N5O6S2. The number of imidazole rings is 1. The molecule has 2 aromatic heterocycles. The van der Waals surface area contributed by atoms with Crippen LogP contribution in [-0.2, 0) is 19.9 Å². The Morgan fingerprint density at radius 2 is 1.97 bits per heavy atom. The number of nitrogens with one attached hydrogen (secondary N) is 2. The lowest BCUT2D eigenvalue weighted by atomic mass is 10.1. The molecule has 0 spiro atoms. The molecule has 1 aliphatic heterocycles. The van der Waals surface area contributed by atoms with E-state index in [1.807, 2.05) is 0 Å². The van der Waals surface area contributed by atoms with Crippen LogP contribution in [0.2, 0.25) is 0 Å². The van der Waals surface area contributed by atoms with E-state index >= 15 is 0 Å². The first-order valence-corrected chi connectivity index (χ1v) is 15.4. The van der Waals surface area contributed by atoms with Crippen LogP contribution in [0.3, 0.4) is 0 Å². The van der Waals surface area contributed by atoms with Crippen LogP contribution in [0.4, 0.5) is 0 Å². The van der Waals surface area contributed by atoms with Gasteiger partial charge in [0.1, 0.15) is 11.6 Å². The maximum absolute atomic E-state index is 13.1. The molecule has 3 heterocycles. The fourth-order valence-corrected chi connectivity index (χ4v) is 8.16. The molecule has 1 saturated heterocycles. The van der Waals surface area contributed by atoms with Crippen molar-refractivity contribution in [2.45, 2.75) is 62.8 Å². The van der Waals surface area contributed by atoms with Crippen molar-refractivity contribution >= 4 is 25.4 Å². The Bertz CT molecular complexity index is 1590. The summed E-state index contributed by atoms with van der Waals surface area (Å²) >= 11 is 0. The Labute approximate surface area is 209 Å². The molecule has 1 atom stereocenters. The zero-order valence-electron chi connectivity index (χ0n) is 20.2. The number of nitrogens with zero attached hydrogens (tertiary/aromatic N) is 3. The smallest absolute Gasteiger partial charge is 0.277 e. The second-order valence-corrected chi connectivity index (χ2v) is 13.4. The summed E-state index contributed by atoms with van der Waals surface area (Å²) in [5, 5.41) is 4.68. The van der Waals surface area contributed by atoms with Crippen molar-refractivity contribution in [2.75, 3.05) is 18.1 Å². The average molecular weight is 536 g/mol. The van der Waals surface area contributed by atoms with Gasteiger partial charge < -0.3 is 9.72 Å². The van der Waals surface area contributed by atoms with Crippen LogP contribution in [0, 0.1) is 6.92 Å². The molecule has 1 unspecified atom stereocenters. The van der Waals surface area contributed by atoms with Gasteiger partial charge in [0.2, 0.25) is 10.0 Å². The third kappa shape index (κ3) is 4.66. The minimum atomic E-state index is -4.03. The molecule has 3 aromatic rings. The SMILES string of the molecule is CCOc1ccc(S(=O)(=O)NC2CCS(=O)(=O)C2)cc1-c1nn2c(C3CCCC3)nc(C)c2c(=O)[nH]1. The van der Waals surface area contributed by atoms with E-state index in [9.17, 15) is 21.6 Å². The molecule has 13 heteroatoms. The number of aromatic amines is 1. The molecule has 1 aliphatic carbocycles. The molecule has 2 aliphatic rings. The summed E-state index contributed by atoms with van der Waals surface area (Å²) in [5.74, 6) is 1.19. The maximum Gasteiger partial charge on any atom is 0.277 e. The average Bonchev–Trinajstić information content (AvgIpc) is 3.53. The molecular weight excluding hydrogens is 506 g/mol. The number of sulfone groups is 1. The summed E-state index contributed by atoms with van der Waals surface area (Å²) in [6.07, 6.45) is 4.36. The number of aryl methyl sites for hydroxylation is 1. The van der Waals surface area contributed by atoms with E-state index < -0.39 is 25.9 Å². The van der Waals surface area contributed by atoms with Gasteiger partial charge in [-0.05, 0) is 51.3 Å². The van der Waals surface area contributed by atoms with E-state index in [2.05, 4.69) is 19.8 Å². The standard InChI is InChI=1S/C23H29N5O6S2/c1-3-34-19-9-8-17(36(32,33)27-16-10-11-35(30,31)13-16)12-18(19)21-25-23(29)20-14(2)24-22(28(20)26-21)15-6-4-5-7-15/h8-9,12,15-16,27H,3-7,10-11,13H2,1-2H3,(H,25,26,29). The van der Waals surface area contributed by atoms with E-state index in [1.54, 1.807) is 18.4 Å². The highest BCUT2D eigenvalue weighted by Crippen LogP contribution is 2.35. The van der Waals surface area contributed by atoms with Gasteiger partial charge in [0.15, 0.2) is 21.2 Å². The van der Waals surface area contributed by atoms with Crippen LogP contribution >= 0.6 is 0 Å². The number of hydrogen-bond donors (Lipinski definition) is 2. The van der Waals surface area contributed by atoms with E-state index in [1.165, 1.54) is 18.2 Å². The molecule has 194 valence electrons. The quantitative estimate of drug-likeness (QED) is 0.465. The molecule has 0 amide bonds. The predicted octanol–water partition coefficient (Wildman–Crippen LogP) is 1.91. The van der Waals surface area contributed by atoms with Crippen LogP contribution in [0.25, 0.3) is 16.9 Å². The summed E-state index contributed by atoms with van der Waals surface area (Å²) < 4.78 is 59.6. The summed E-state index contributed by atoms with van der Waals surface area (Å²) in [5.41, 5.74) is 0.890. The Kier molecular flexibility index (Phi) is 6.41. The first kappa shape index (κ1) is 24.9. The Balaban J connectivity index is 1.60. The van der Waals surface area contributed by atoms with Gasteiger partial charge in [-0.3, -0.25) is 4.79 Å². The van der Waals surface area contributed by atoms with Crippen LogP contribution in [0.5, 0.6) is 5.75 Å². The molecule has 2 fully saturated rings. The van der Waals surface area contributed by atoms with Gasteiger partial charge in [0.05, 0.1) is 34.3 Å². The summed E-state index contributed by atoms with van der Waals surface area (Å²) in [6, 6.07) is 3.61. The molecule has 11 nitrogen and oxygen atoms in total. The molecule has 2 N–H and O–H groups in total. The van der Waals surface area contributed by atoms with Crippen molar-refractivity contribution in [3.05, 3.63) is 40.1 Å². The van der Waals surface area contributed by atoms with Gasteiger partial charge >= 0.3 is 0 Å². The topological polar surface area (TPSA) is 153 Å². The summed E-state index contributed by atoms with van der Waals surface area (Å²) in [7, 11) is -7.29. The van der Waals surface area contributed by atoms with Crippen molar-refractivity contribution in [2.24, 2.45) is 0 Å². The van der Waals surface area contributed by atoms with Crippen molar-refractivity contribution in [3.63, 3.8) is 0 Å². The van der Waals surface area contributed by atoms with E-state index in [4.69, 9.17) is 4.74 Å². The van der Waals surface area contributed by atoms with Gasteiger partial charge in [-0.25, -0.2) is 31.1 Å². The van der Waals surface area contributed by atoms with E-state index in [0.717, 1.165) is 31.5 Å². The number of aromatic nitrogens is 4. The Hall–Kier alpha value is -2.77. The lowest BCUT2D eigenvalue weighted by molar-refractivity contribution is 0.341. The Morgan fingerprint density at radius 3 is 2.64 bits per heavy atom. The number of ether oxygens (including phenoxy) is 1. The van der Waals surface area contributed by atoms with Gasteiger partial charge in [-0.1, -0.05) is 12.8 Å². The predicted molar refractivity (Wildman–Crippen MR) is 134 cm³/mol. The molecule has 1 aromatic carbocycles. The zero-order chi connectivity index (χ0) is 25.7. The van der Waals surface area contributed by atoms with Gasteiger partial charge in [0, 0.05) is 12.0 Å². The normalized spacial score (nSPS) is 20.3. The van der Waals surface area contributed by atoms with Gasteiger partial charge in [-0.15, -0.1) is 5.10 Å². The third-order valence-corrected chi connectivity index (χ3v) is 10.1. The number of H-pyrrole nitrogens is 1. The summed E-state index contributed by atoms with van der Waals surface area (Å²) in [4.78, 5) is 20.4. The van der Waals surface area contributed by atoms with Crippen LogP contribution in [-0.4, -0.2) is 60.6 Å². The van der Waals surface area contributed by atoms with Crippen molar-refractivity contribution in [3.8, 4) is 17.1 Å². The minimum absolute atomic E-state index is 0.0481. The summed E-state index contributed by atoms with van der Waals surface area (Å²) in [6.45, 7) is 3.90. The second kappa shape index (κ2) is 9.27. The Morgan fingerprint density at radius 1 is 1.22 bits per heavy atom. The lowest BCUT2D eigenvalue weighted by Crippen LogP contribution is -2.35. The number of hydrogen-bond acceptors (Lipinski definition) is 8. The second-order valence-electron chi connectivity index (χ2n) is 9.41. The minimum Gasteiger partial charge on any atom is -0.493 e. The molecule has 5 rings (SSSR count). The number of benzene rings is 1. The zero-order valence-corrected chi connectivity index (χ0v) is 21.8.